The predicted molar refractivity (Wildman–Crippen MR) is 128 cm³/mol. The fourth-order valence-electron chi connectivity index (χ4n) is 3.99. The number of thiophene rings is 1. The second-order valence-corrected chi connectivity index (χ2v) is 11.2. The second-order valence-electron chi connectivity index (χ2n) is 8.19. The van der Waals surface area contributed by atoms with Gasteiger partial charge in [0, 0.05) is 37.1 Å². The van der Waals surface area contributed by atoms with E-state index in [1.807, 2.05) is 22.4 Å². The average molecular weight is 498 g/mol. The number of piperidine rings is 1. The van der Waals surface area contributed by atoms with Crippen LogP contribution < -0.4 is 4.74 Å². The van der Waals surface area contributed by atoms with Crippen molar-refractivity contribution in [1.29, 1.82) is 0 Å². The van der Waals surface area contributed by atoms with Gasteiger partial charge in [-0.15, -0.1) is 11.3 Å². The maximum Gasteiger partial charge on any atom is 0.228 e. The van der Waals surface area contributed by atoms with Crippen LogP contribution in [-0.4, -0.2) is 64.4 Å². The van der Waals surface area contributed by atoms with Crippen molar-refractivity contribution in [2.45, 2.75) is 30.3 Å². The number of likely N-dealkylation sites (tertiary alicyclic amines) is 1. The van der Waals surface area contributed by atoms with E-state index in [1.165, 1.54) is 12.6 Å². The van der Waals surface area contributed by atoms with Crippen molar-refractivity contribution >= 4 is 38.1 Å². The minimum Gasteiger partial charge on any atom is -0.474 e. The zero-order chi connectivity index (χ0) is 23.7. The van der Waals surface area contributed by atoms with Crippen LogP contribution in [0.5, 0.6) is 5.88 Å². The molecule has 0 aliphatic carbocycles. The summed E-state index contributed by atoms with van der Waals surface area (Å²) in [5.74, 6) is 0.598. The van der Waals surface area contributed by atoms with E-state index in [2.05, 4.69) is 15.1 Å². The predicted octanol–water partition coefficient (Wildman–Crippen LogP) is 2.89. The molecule has 0 spiro atoms. The first kappa shape index (κ1) is 22.5. The lowest BCUT2D eigenvalue weighted by Crippen LogP contribution is -2.42. The monoisotopic (exact) mass is 497 g/mol. The highest BCUT2D eigenvalue weighted by Gasteiger charge is 2.25. The average Bonchev–Trinajstić information content (AvgIpc) is 3.49. The van der Waals surface area contributed by atoms with E-state index in [1.54, 1.807) is 46.5 Å². The van der Waals surface area contributed by atoms with Crippen LogP contribution in [0.25, 0.3) is 16.7 Å². The quantitative estimate of drug-likeness (QED) is 0.403. The van der Waals surface area contributed by atoms with Crippen molar-refractivity contribution in [2.75, 3.05) is 19.3 Å². The molecule has 176 valence electrons. The highest BCUT2D eigenvalue weighted by atomic mass is 32.2. The molecule has 0 bridgehead atoms. The number of ether oxygens (including phenoxy) is 1. The Morgan fingerprint density at radius 1 is 1.15 bits per heavy atom. The zero-order valence-corrected chi connectivity index (χ0v) is 20.1. The van der Waals surface area contributed by atoms with Crippen molar-refractivity contribution in [3.63, 3.8) is 0 Å². The third-order valence-corrected chi connectivity index (χ3v) is 7.82. The van der Waals surface area contributed by atoms with E-state index in [9.17, 15) is 13.2 Å². The molecule has 1 fully saturated rings. The van der Waals surface area contributed by atoms with Crippen LogP contribution in [0.3, 0.4) is 0 Å². The summed E-state index contributed by atoms with van der Waals surface area (Å²) in [6.07, 6.45) is 6.09. The number of benzene rings is 1. The SMILES string of the molecule is CS(=O)(=O)c1ccc(-n2ncc3c(OC4CCN(C(=O)Cc5cccs5)CC4)ncnc32)cc1. The van der Waals surface area contributed by atoms with Crippen molar-refractivity contribution in [1.82, 2.24) is 24.6 Å². The highest BCUT2D eigenvalue weighted by molar-refractivity contribution is 7.90. The summed E-state index contributed by atoms with van der Waals surface area (Å²) in [6.45, 7) is 1.30. The number of nitrogens with zero attached hydrogens (tertiary/aromatic N) is 5. The van der Waals surface area contributed by atoms with Crippen LogP contribution >= 0.6 is 11.3 Å². The van der Waals surface area contributed by atoms with E-state index < -0.39 is 9.84 Å². The number of carbonyl (C=O) groups excluding carboxylic acids is 1. The third-order valence-electron chi connectivity index (χ3n) is 5.82. The summed E-state index contributed by atoms with van der Waals surface area (Å²) in [5, 5.41) is 7.07. The number of sulfone groups is 1. The fourth-order valence-corrected chi connectivity index (χ4v) is 5.32. The van der Waals surface area contributed by atoms with E-state index in [4.69, 9.17) is 4.74 Å². The first-order chi connectivity index (χ1) is 16.4. The molecular formula is C23H23N5O4S2. The standard InChI is InChI=1S/C23H23N5O4S2/c1-34(30,31)19-6-4-16(5-7-19)28-22-20(14-26-28)23(25-15-24-22)32-17-8-10-27(11-9-17)21(29)13-18-3-2-12-33-18/h2-7,12,14-15,17H,8-11,13H2,1H3. The maximum absolute atomic E-state index is 12.5. The molecule has 3 aromatic heterocycles. The molecule has 4 aromatic rings. The third kappa shape index (κ3) is 4.66. The smallest absolute Gasteiger partial charge is 0.228 e. The molecule has 0 saturated carbocycles. The van der Waals surface area contributed by atoms with Gasteiger partial charge in [0.2, 0.25) is 11.8 Å². The number of rotatable bonds is 6. The first-order valence-electron chi connectivity index (χ1n) is 10.8. The molecule has 0 unspecified atom stereocenters. The molecule has 1 aliphatic rings. The van der Waals surface area contributed by atoms with Gasteiger partial charge in [0.1, 0.15) is 17.8 Å². The minimum atomic E-state index is -3.28. The summed E-state index contributed by atoms with van der Waals surface area (Å²) in [6, 6.07) is 10.4. The molecule has 0 atom stereocenters. The van der Waals surface area contributed by atoms with Gasteiger partial charge in [-0.2, -0.15) is 5.10 Å². The number of hydrogen-bond acceptors (Lipinski definition) is 8. The topological polar surface area (TPSA) is 107 Å². The zero-order valence-electron chi connectivity index (χ0n) is 18.5. The molecule has 9 nitrogen and oxygen atoms in total. The summed E-state index contributed by atoms with van der Waals surface area (Å²) in [7, 11) is -3.28. The Hall–Kier alpha value is -3.31. The van der Waals surface area contributed by atoms with Crippen LogP contribution in [0.15, 0.2) is 59.2 Å². The molecular weight excluding hydrogens is 474 g/mol. The molecule has 0 N–H and O–H groups in total. The normalized spacial score (nSPS) is 15.0. The molecule has 1 aromatic carbocycles. The first-order valence-corrected chi connectivity index (χ1v) is 13.6. The van der Waals surface area contributed by atoms with Gasteiger partial charge in [0.15, 0.2) is 15.5 Å². The van der Waals surface area contributed by atoms with E-state index in [-0.39, 0.29) is 16.9 Å². The Bertz CT molecular complexity index is 1410. The van der Waals surface area contributed by atoms with Gasteiger partial charge in [0.25, 0.3) is 0 Å². The second kappa shape index (κ2) is 9.15. The number of amides is 1. The lowest BCUT2D eigenvalue weighted by molar-refractivity contribution is -0.132. The van der Waals surface area contributed by atoms with E-state index in [0.29, 0.717) is 42.1 Å². The Morgan fingerprint density at radius 3 is 2.59 bits per heavy atom. The summed E-state index contributed by atoms with van der Waals surface area (Å²) >= 11 is 1.60. The molecule has 1 saturated heterocycles. The largest absolute Gasteiger partial charge is 0.474 e. The summed E-state index contributed by atoms with van der Waals surface area (Å²) < 4.78 is 31.3. The molecule has 4 heterocycles. The van der Waals surface area contributed by atoms with Crippen molar-refractivity contribution in [3.05, 3.63) is 59.2 Å². The van der Waals surface area contributed by atoms with Crippen molar-refractivity contribution < 1.29 is 17.9 Å². The molecule has 11 heteroatoms. The molecule has 5 rings (SSSR count). The van der Waals surface area contributed by atoms with Gasteiger partial charge in [-0.05, 0) is 35.7 Å². The molecule has 1 aliphatic heterocycles. The van der Waals surface area contributed by atoms with E-state index >= 15 is 0 Å². The van der Waals surface area contributed by atoms with Crippen LogP contribution in [-0.2, 0) is 21.1 Å². The number of carbonyl (C=O) groups is 1. The Kier molecular flexibility index (Phi) is 6.05. The number of fused-ring (bicyclic) bond motifs is 1. The fraction of sp³-hybridized carbons (Fsp3) is 0.304. The Balaban J connectivity index is 1.27. The van der Waals surface area contributed by atoms with Gasteiger partial charge in [-0.3, -0.25) is 4.79 Å². The van der Waals surface area contributed by atoms with Gasteiger partial charge in [-0.1, -0.05) is 6.07 Å². The van der Waals surface area contributed by atoms with Crippen LogP contribution in [0.2, 0.25) is 0 Å². The molecule has 1 amide bonds. The lowest BCUT2D eigenvalue weighted by atomic mass is 10.1. The maximum atomic E-state index is 12.5. The minimum absolute atomic E-state index is 0.0544. The number of hydrogen-bond donors (Lipinski definition) is 0. The van der Waals surface area contributed by atoms with Crippen LogP contribution in [0.4, 0.5) is 0 Å². The Morgan fingerprint density at radius 2 is 1.91 bits per heavy atom. The lowest BCUT2D eigenvalue weighted by Gasteiger charge is -2.32. The Labute approximate surface area is 200 Å². The van der Waals surface area contributed by atoms with Crippen LogP contribution in [0, 0.1) is 0 Å². The molecule has 0 radical (unpaired) electrons. The number of aromatic nitrogens is 4. The van der Waals surface area contributed by atoms with Gasteiger partial charge < -0.3 is 9.64 Å². The van der Waals surface area contributed by atoms with Crippen molar-refractivity contribution in [2.24, 2.45) is 0 Å². The van der Waals surface area contributed by atoms with E-state index in [0.717, 1.165) is 17.7 Å². The van der Waals surface area contributed by atoms with Crippen molar-refractivity contribution in [3.8, 4) is 11.6 Å². The summed E-state index contributed by atoms with van der Waals surface area (Å²) in [4.78, 5) is 24.4. The summed E-state index contributed by atoms with van der Waals surface area (Å²) in [5.41, 5.74) is 1.25. The van der Waals surface area contributed by atoms with Crippen LogP contribution in [0.1, 0.15) is 17.7 Å². The van der Waals surface area contributed by atoms with Gasteiger partial charge >= 0.3 is 0 Å². The van der Waals surface area contributed by atoms with Gasteiger partial charge in [0.05, 0.1) is 23.2 Å². The van der Waals surface area contributed by atoms with Gasteiger partial charge in [-0.25, -0.2) is 23.1 Å². The highest BCUT2D eigenvalue weighted by Crippen LogP contribution is 2.27. The molecule has 34 heavy (non-hydrogen) atoms.